The molecule has 0 radical (unpaired) electrons. The van der Waals surface area contributed by atoms with Crippen molar-refractivity contribution in [2.24, 2.45) is 0 Å². The van der Waals surface area contributed by atoms with Crippen LogP contribution in [0.15, 0.2) is 5.16 Å². The van der Waals surface area contributed by atoms with Crippen LogP contribution in [0.5, 0.6) is 0 Å². The number of tetrazole rings is 1. The van der Waals surface area contributed by atoms with Gasteiger partial charge in [-0.3, -0.25) is 4.79 Å². The second-order valence-electron chi connectivity index (χ2n) is 3.42. The Morgan fingerprint density at radius 2 is 2.38 bits per heavy atom. The topological polar surface area (TPSA) is 92.9 Å². The van der Waals surface area contributed by atoms with Gasteiger partial charge in [-0.1, -0.05) is 11.8 Å². The monoisotopic (exact) mass is 245 g/mol. The third-order valence-corrected chi connectivity index (χ3v) is 2.55. The lowest BCUT2D eigenvalue weighted by molar-refractivity contribution is -0.119. The average molecular weight is 245 g/mol. The van der Waals surface area contributed by atoms with E-state index in [9.17, 15) is 4.79 Å². The van der Waals surface area contributed by atoms with Gasteiger partial charge in [0.1, 0.15) is 0 Å². The number of carbonyl (C=O) groups is 1. The van der Waals surface area contributed by atoms with Gasteiger partial charge in [-0.25, -0.2) is 4.68 Å². The SMILES string of the molecule is CC(C)NC(=O)CSc1nnnn1CCO. The molecule has 1 aromatic heterocycles. The summed E-state index contributed by atoms with van der Waals surface area (Å²) >= 11 is 1.25. The second kappa shape index (κ2) is 6.44. The summed E-state index contributed by atoms with van der Waals surface area (Å²) in [6.07, 6.45) is 0. The van der Waals surface area contributed by atoms with Crippen LogP contribution >= 0.6 is 11.8 Å². The van der Waals surface area contributed by atoms with Gasteiger partial charge in [0.25, 0.3) is 0 Å². The summed E-state index contributed by atoms with van der Waals surface area (Å²) in [6, 6.07) is 0.126. The molecule has 90 valence electrons. The number of hydrogen-bond donors (Lipinski definition) is 2. The summed E-state index contributed by atoms with van der Waals surface area (Å²) in [7, 11) is 0. The van der Waals surface area contributed by atoms with E-state index in [-0.39, 0.29) is 24.3 Å². The number of amides is 1. The molecule has 1 amide bonds. The molecule has 1 aromatic rings. The number of carbonyl (C=O) groups excluding carboxylic acids is 1. The van der Waals surface area contributed by atoms with Crippen molar-refractivity contribution < 1.29 is 9.90 Å². The molecule has 0 aliphatic rings. The van der Waals surface area contributed by atoms with Crippen LogP contribution in [0.4, 0.5) is 0 Å². The van der Waals surface area contributed by atoms with Crippen LogP contribution in [-0.4, -0.2) is 49.6 Å². The summed E-state index contributed by atoms with van der Waals surface area (Å²) < 4.78 is 1.47. The molecule has 0 unspecified atom stereocenters. The highest BCUT2D eigenvalue weighted by Gasteiger charge is 2.09. The molecular formula is C8H15N5O2S. The van der Waals surface area contributed by atoms with Gasteiger partial charge in [0, 0.05) is 6.04 Å². The first-order valence-corrected chi connectivity index (χ1v) is 5.91. The zero-order chi connectivity index (χ0) is 12.0. The van der Waals surface area contributed by atoms with E-state index >= 15 is 0 Å². The predicted octanol–water partition coefficient (Wildman–Crippen LogP) is -0.718. The lowest BCUT2D eigenvalue weighted by atomic mass is 10.4. The zero-order valence-corrected chi connectivity index (χ0v) is 10.1. The highest BCUT2D eigenvalue weighted by Crippen LogP contribution is 2.12. The Labute approximate surface area is 97.6 Å². The van der Waals surface area contributed by atoms with Crippen molar-refractivity contribution >= 4 is 17.7 Å². The Morgan fingerprint density at radius 1 is 1.62 bits per heavy atom. The molecule has 0 bridgehead atoms. The molecule has 0 aliphatic carbocycles. The summed E-state index contributed by atoms with van der Waals surface area (Å²) in [4.78, 5) is 11.4. The Bertz CT molecular complexity index is 341. The van der Waals surface area contributed by atoms with Crippen LogP contribution in [0.25, 0.3) is 0 Å². The summed E-state index contributed by atoms with van der Waals surface area (Å²) in [5.41, 5.74) is 0. The predicted molar refractivity (Wildman–Crippen MR) is 58.9 cm³/mol. The number of thioether (sulfide) groups is 1. The van der Waals surface area contributed by atoms with Crippen LogP contribution in [-0.2, 0) is 11.3 Å². The van der Waals surface area contributed by atoms with Gasteiger partial charge in [0.05, 0.1) is 18.9 Å². The number of nitrogens with zero attached hydrogens (tertiary/aromatic N) is 4. The van der Waals surface area contributed by atoms with E-state index in [1.807, 2.05) is 13.8 Å². The summed E-state index contributed by atoms with van der Waals surface area (Å²) in [6.45, 7) is 4.11. The lowest BCUT2D eigenvalue weighted by Gasteiger charge is -2.07. The van der Waals surface area contributed by atoms with Crippen LogP contribution in [0.3, 0.4) is 0 Å². The fourth-order valence-corrected chi connectivity index (χ4v) is 1.74. The average Bonchev–Trinajstić information content (AvgIpc) is 2.62. The Morgan fingerprint density at radius 3 is 3.00 bits per heavy atom. The zero-order valence-electron chi connectivity index (χ0n) is 9.25. The van der Waals surface area contributed by atoms with Gasteiger partial charge >= 0.3 is 0 Å². The van der Waals surface area contributed by atoms with Crippen molar-refractivity contribution in [3.63, 3.8) is 0 Å². The van der Waals surface area contributed by atoms with E-state index in [0.717, 1.165) is 0 Å². The summed E-state index contributed by atoms with van der Waals surface area (Å²) in [5, 5.41) is 23.0. The van der Waals surface area contributed by atoms with Gasteiger partial charge in [-0.2, -0.15) is 0 Å². The second-order valence-corrected chi connectivity index (χ2v) is 4.36. The van der Waals surface area contributed by atoms with Crippen molar-refractivity contribution in [3.05, 3.63) is 0 Å². The normalized spacial score (nSPS) is 10.8. The van der Waals surface area contributed by atoms with Gasteiger partial charge in [-0.05, 0) is 24.3 Å². The molecule has 8 heteroatoms. The Balaban J connectivity index is 2.41. The lowest BCUT2D eigenvalue weighted by Crippen LogP contribution is -2.31. The molecule has 1 rings (SSSR count). The summed E-state index contributed by atoms with van der Waals surface area (Å²) in [5.74, 6) is 0.211. The minimum atomic E-state index is -0.0569. The van der Waals surface area contributed by atoms with Crippen molar-refractivity contribution in [1.29, 1.82) is 0 Å². The molecule has 7 nitrogen and oxygen atoms in total. The van der Waals surface area contributed by atoms with Crippen molar-refractivity contribution in [2.45, 2.75) is 31.6 Å². The van der Waals surface area contributed by atoms with E-state index in [0.29, 0.717) is 11.7 Å². The number of rotatable bonds is 6. The highest BCUT2D eigenvalue weighted by atomic mass is 32.2. The maximum absolute atomic E-state index is 11.4. The number of aliphatic hydroxyl groups is 1. The maximum Gasteiger partial charge on any atom is 0.230 e. The van der Waals surface area contributed by atoms with E-state index in [4.69, 9.17) is 5.11 Å². The van der Waals surface area contributed by atoms with Crippen molar-refractivity contribution in [1.82, 2.24) is 25.5 Å². The van der Waals surface area contributed by atoms with Gasteiger partial charge in [-0.15, -0.1) is 5.10 Å². The van der Waals surface area contributed by atoms with Crippen LogP contribution in [0.2, 0.25) is 0 Å². The minimum Gasteiger partial charge on any atom is -0.394 e. The molecule has 0 spiro atoms. The van der Waals surface area contributed by atoms with E-state index in [1.165, 1.54) is 16.4 Å². The number of aromatic nitrogens is 4. The molecule has 0 atom stereocenters. The number of nitrogens with one attached hydrogen (secondary N) is 1. The van der Waals surface area contributed by atoms with Crippen LogP contribution in [0, 0.1) is 0 Å². The molecule has 0 saturated heterocycles. The van der Waals surface area contributed by atoms with Crippen molar-refractivity contribution in [3.8, 4) is 0 Å². The molecule has 0 aromatic carbocycles. The molecule has 2 N–H and O–H groups in total. The minimum absolute atomic E-state index is 0.0310. The van der Waals surface area contributed by atoms with E-state index in [1.54, 1.807) is 0 Å². The molecule has 16 heavy (non-hydrogen) atoms. The first kappa shape index (κ1) is 12.9. The number of hydrogen-bond acceptors (Lipinski definition) is 6. The Kier molecular flexibility index (Phi) is 5.20. The molecule has 0 fully saturated rings. The standard InChI is InChI=1S/C8H15N5O2S/c1-6(2)9-7(15)5-16-8-10-11-12-13(8)3-4-14/h6,14H,3-5H2,1-2H3,(H,9,15). The van der Waals surface area contributed by atoms with Gasteiger partial charge in [0.15, 0.2) is 0 Å². The smallest absolute Gasteiger partial charge is 0.230 e. The van der Waals surface area contributed by atoms with Crippen LogP contribution in [0.1, 0.15) is 13.8 Å². The molecule has 0 aliphatic heterocycles. The third kappa shape index (κ3) is 4.15. The quantitative estimate of drug-likeness (QED) is 0.643. The molecule has 1 heterocycles. The first-order chi connectivity index (χ1) is 7.63. The van der Waals surface area contributed by atoms with E-state index < -0.39 is 0 Å². The van der Waals surface area contributed by atoms with Gasteiger partial charge < -0.3 is 10.4 Å². The third-order valence-electron chi connectivity index (χ3n) is 1.59. The number of aliphatic hydroxyl groups excluding tert-OH is 1. The largest absolute Gasteiger partial charge is 0.394 e. The van der Waals surface area contributed by atoms with Crippen LogP contribution < -0.4 is 5.32 Å². The fraction of sp³-hybridized carbons (Fsp3) is 0.750. The fourth-order valence-electron chi connectivity index (χ4n) is 1.03. The molecule has 0 saturated carbocycles. The van der Waals surface area contributed by atoms with E-state index in [2.05, 4.69) is 20.8 Å². The Hall–Kier alpha value is -1.15. The maximum atomic E-state index is 11.4. The molecular weight excluding hydrogens is 230 g/mol. The highest BCUT2D eigenvalue weighted by molar-refractivity contribution is 7.99. The van der Waals surface area contributed by atoms with Crippen molar-refractivity contribution in [2.75, 3.05) is 12.4 Å². The first-order valence-electron chi connectivity index (χ1n) is 4.92. The van der Waals surface area contributed by atoms with Gasteiger partial charge in [0.2, 0.25) is 11.1 Å².